The molecule has 0 radical (unpaired) electrons. The standard InChI is InChI=1S/C15H12N2O3/c1-9-3-2-4-11(7-9)17-13(18)6-5-10-8-12(15(19)20)16-14(10)17/h2-8,16H,1H3,(H,19,20). The molecule has 20 heavy (non-hydrogen) atoms. The van der Waals surface area contributed by atoms with Crippen molar-refractivity contribution in [1.29, 1.82) is 0 Å². The first-order valence-corrected chi connectivity index (χ1v) is 6.11. The van der Waals surface area contributed by atoms with Crippen LogP contribution in [0.4, 0.5) is 0 Å². The van der Waals surface area contributed by atoms with E-state index in [2.05, 4.69) is 4.98 Å². The summed E-state index contributed by atoms with van der Waals surface area (Å²) in [7, 11) is 0. The van der Waals surface area contributed by atoms with E-state index in [1.807, 2.05) is 31.2 Å². The van der Waals surface area contributed by atoms with Gasteiger partial charge >= 0.3 is 5.97 Å². The van der Waals surface area contributed by atoms with E-state index in [0.717, 1.165) is 5.56 Å². The fourth-order valence-electron chi connectivity index (χ4n) is 2.26. The SMILES string of the molecule is Cc1cccc(-n2c(=O)ccc3cc(C(=O)O)[nH]c32)c1. The zero-order chi connectivity index (χ0) is 14.3. The largest absolute Gasteiger partial charge is 0.477 e. The van der Waals surface area contributed by atoms with Crippen molar-refractivity contribution in [1.82, 2.24) is 9.55 Å². The second kappa shape index (κ2) is 4.38. The Labute approximate surface area is 114 Å². The van der Waals surface area contributed by atoms with E-state index in [1.165, 1.54) is 16.7 Å². The van der Waals surface area contributed by atoms with Gasteiger partial charge in [0.1, 0.15) is 11.3 Å². The molecule has 0 aliphatic heterocycles. The molecule has 5 nitrogen and oxygen atoms in total. The maximum Gasteiger partial charge on any atom is 0.352 e. The van der Waals surface area contributed by atoms with Crippen LogP contribution in [-0.4, -0.2) is 20.6 Å². The smallest absolute Gasteiger partial charge is 0.352 e. The molecule has 0 aliphatic carbocycles. The number of pyridine rings is 1. The Bertz CT molecular complexity index is 874. The minimum atomic E-state index is -1.05. The van der Waals surface area contributed by atoms with Crippen LogP contribution >= 0.6 is 0 Å². The highest BCUT2D eigenvalue weighted by Gasteiger charge is 2.12. The Balaban J connectivity index is 2.36. The maximum absolute atomic E-state index is 12.1. The number of H-pyrrole nitrogens is 1. The second-order valence-corrected chi connectivity index (χ2v) is 4.64. The van der Waals surface area contributed by atoms with Crippen molar-refractivity contribution in [2.45, 2.75) is 6.92 Å². The Morgan fingerprint density at radius 3 is 2.70 bits per heavy atom. The molecule has 0 unspecified atom stereocenters. The molecule has 0 amide bonds. The summed E-state index contributed by atoms with van der Waals surface area (Å²) in [4.78, 5) is 25.9. The van der Waals surface area contributed by atoms with Crippen LogP contribution in [0.2, 0.25) is 0 Å². The minimum Gasteiger partial charge on any atom is -0.477 e. The summed E-state index contributed by atoms with van der Waals surface area (Å²) >= 11 is 0. The molecule has 0 fully saturated rings. The summed E-state index contributed by atoms with van der Waals surface area (Å²) in [6.07, 6.45) is 0. The molecule has 0 saturated carbocycles. The summed E-state index contributed by atoms with van der Waals surface area (Å²) in [6, 6.07) is 12.1. The molecule has 0 spiro atoms. The van der Waals surface area contributed by atoms with E-state index < -0.39 is 5.97 Å². The number of carbonyl (C=O) groups is 1. The van der Waals surface area contributed by atoms with Gasteiger partial charge in [0, 0.05) is 11.5 Å². The monoisotopic (exact) mass is 268 g/mol. The van der Waals surface area contributed by atoms with E-state index in [0.29, 0.717) is 16.7 Å². The van der Waals surface area contributed by atoms with Crippen LogP contribution in [0, 0.1) is 6.92 Å². The summed E-state index contributed by atoms with van der Waals surface area (Å²) in [5, 5.41) is 9.73. The number of carboxylic acid groups (broad SMARTS) is 1. The fourth-order valence-corrected chi connectivity index (χ4v) is 2.26. The number of rotatable bonds is 2. The minimum absolute atomic E-state index is 0.0620. The molecule has 100 valence electrons. The van der Waals surface area contributed by atoms with Gasteiger partial charge in [-0.1, -0.05) is 12.1 Å². The van der Waals surface area contributed by atoms with Gasteiger partial charge in [-0.25, -0.2) is 4.79 Å². The van der Waals surface area contributed by atoms with Crippen molar-refractivity contribution < 1.29 is 9.90 Å². The third-order valence-electron chi connectivity index (χ3n) is 3.17. The van der Waals surface area contributed by atoms with Crippen LogP contribution in [-0.2, 0) is 0 Å². The van der Waals surface area contributed by atoms with Crippen molar-refractivity contribution in [3.8, 4) is 5.69 Å². The van der Waals surface area contributed by atoms with Gasteiger partial charge in [0.15, 0.2) is 0 Å². The van der Waals surface area contributed by atoms with Crippen molar-refractivity contribution in [3.05, 3.63) is 64.1 Å². The van der Waals surface area contributed by atoms with Gasteiger partial charge in [0.2, 0.25) is 0 Å². The Morgan fingerprint density at radius 1 is 1.20 bits per heavy atom. The molecule has 0 aliphatic rings. The van der Waals surface area contributed by atoms with Crippen LogP contribution < -0.4 is 5.56 Å². The number of nitrogens with one attached hydrogen (secondary N) is 1. The molecule has 5 heteroatoms. The number of aromatic amines is 1. The zero-order valence-electron chi connectivity index (χ0n) is 10.8. The van der Waals surface area contributed by atoms with Gasteiger partial charge < -0.3 is 10.1 Å². The lowest BCUT2D eigenvalue weighted by Gasteiger charge is -2.08. The second-order valence-electron chi connectivity index (χ2n) is 4.64. The van der Waals surface area contributed by atoms with E-state index in [1.54, 1.807) is 6.07 Å². The molecule has 3 aromatic rings. The first-order valence-electron chi connectivity index (χ1n) is 6.11. The van der Waals surface area contributed by atoms with Crippen molar-refractivity contribution in [2.75, 3.05) is 0 Å². The lowest BCUT2D eigenvalue weighted by molar-refractivity contribution is 0.0691. The number of fused-ring (bicyclic) bond motifs is 1. The normalized spacial score (nSPS) is 10.8. The molecular formula is C15H12N2O3. The quantitative estimate of drug-likeness (QED) is 0.749. The first kappa shape index (κ1) is 12.2. The summed E-state index contributed by atoms with van der Waals surface area (Å²) in [5.74, 6) is -1.05. The van der Waals surface area contributed by atoms with Gasteiger partial charge in [0.25, 0.3) is 5.56 Å². The first-order chi connectivity index (χ1) is 9.56. The summed E-state index contributed by atoms with van der Waals surface area (Å²) in [6.45, 7) is 1.94. The molecule has 1 aromatic carbocycles. The van der Waals surface area contributed by atoms with Gasteiger partial charge in [-0.15, -0.1) is 0 Å². The highest BCUT2D eigenvalue weighted by molar-refractivity contribution is 5.93. The number of aromatic nitrogens is 2. The van der Waals surface area contributed by atoms with E-state index in [9.17, 15) is 9.59 Å². The van der Waals surface area contributed by atoms with Crippen LogP contribution in [0.15, 0.2) is 47.3 Å². The van der Waals surface area contributed by atoms with Gasteiger partial charge in [0.05, 0.1) is 5.69 Å². The molecule has 2 heterocycles. The van der Waals surface area contributed by atoms with Crippen LogP contribution in [0.1, 0.15) is 16.1 Å². The van der Waals surface area contributed by atoms with Crippen LogP contribution in [0.5, 0.6) is 0 Å². The van der Waals surface area contributed by atoms with Crippen LogP contribution in [0.3, 0.4) is 0 Å². The van der Waals surface area contributed by atoms with E-state index in [4.69, 9.17) is 5.11 Å². The molecule has 0 bridgehead atoms. The fraction of sp³-hybridized carbons (Fsp3) is 0.0667. The maximum atomic E-state index is 12.1. The number of hydrogen-bond acceptors (Lipinski definition) is 2. The zero-order valence-corrected chi connectivity index (χ0v) is 10.8. The summed E-state index contributed by atoms with van der Waals surface area (Å²) < 4.78 is 1.48. The molecular weight excluding hydrogens is 256 g/mol. The average Bonchev–Trinajstić information content (AvgIpc) is 2.82. The van der Waals surface area contributed by atoms with E-state index >= 15 is 0 Å². The Hall–Kier alpha value is -2.82. The van der Waals surface area contributed by atoms with Crippen molar-refractivity contribution in [3.63, 3.8) is 0 Å². The predicted octanol–water partition coefficient (Wildman–Crippen LogP) is 2.33. The van der Waals surface area contributed by atoms with Crippen molar-refractivity contribution in [2.24, 2.45) is 0 Å². The highest BCUT2D eigenvalue weighted by atomic mass is 16.4. The van der Waals surface area contributed by atoms with Crippen LogP contribution in [0.25, 0.3) is 16.7 Å². The van der Waals surface area contributed by atoms with Gasteiger partial charge in [-0.2, -0.15) is 0 Å². The lowest BCUT2D eigenvalue weighted by atomic mass is 10.2. The van der Waals surface area contributed by atoms with E-state index in [-0.39, 0.29) is 11.3 Å². The highest BCUT2D eigenvalue weighted by Crippen LogP contribution is 2.18. The topological polar surface area (TPSA) is 75.1 Å². The summed E-state index contributed by atoms with van der Waals surface area (Å²) in [5.41, 5.74) is 2.07. The third kappa shape index (κ3) is 1.89. The Kier molecular flexibility index (Phi) is 2.68. The number of carboxylic acids is 1. The van der Waals surface area contributed by atoms with Crippen molar-refractivity contribution >= 4 is 17.0 Å². The molecule has 2 N–H and O–H groups in total. The Morgan fingerprint density at radius 2 is 2.00 bits per heavy atom. The molecule has 0 saturated heterocycles. The molecule has 0 atom stereocenters. The number of nitrogens with zero attached hydrogens (tertiary/aromatic N) is 1. The van der Waals surface area contributed by atoms with Gasteiger partial charge in [-0.3, -0.25) is 9.36 Å². The number of hydrogen-bond donors (Lipinski definition) is 2. The molecule has 3 rings (SSSR count). The average molecular weight is 268 g/mol. The van der Waals surface area contributed by atoms with Gasteiger partial charge in [-0.05, 0) is 36.8 Å². The number of aromatic carboxylic acids is 1. The molecule has 2 aromatic heterocycles. The number of benzene rings is 1. The predicted molar refractivity (Wildman–Crippen MR) is 75.6 cm³/mol. The lowest BCUT2D eigenvalue weighted by Crippen LogP contribution is -2.17. The third-order valence-corrected chi connectivity index (χ3v) is 3.17. The number of aryl methyl sites for hydroxylation is 1.